The van der Waals surface area contributed by atoms with Crippen LogP contribution in [0.4, 0.5) is 0 Å². The van der Waals surface area contributed by atoms with Gasteiger partial charge in [0.1, 0.15) is 18.1 Å². The van der Waals surface area contributed by atoms with Crippen LogP contribution in [0.5, 0.6) is 5.75 Å². The Morgan fingerprint density at radius 3 is 2.68 bits per heavy atom. The number of likely N-dealkylation sites (tertiary alicyclic amines) is 1. The Bertz CT molecular complexity index is 511. The van der Waals surface area contributed by atoms with Crippen LogP contribution in [-0.4, -0.2) is 36.2 Å². The number of imide groups is 1. The van der Waals surface area contributed by atoms with E-state index in [4.69, 9.17) is 9.47 Å². The molecule has 0 radical (unpaired) electrons. The van der Waals surface area contributed by atoms with Crippen molar-refractivity contribution in [3.8, 4) is 5.75 Å². The van der Waals surface area contributed by atoms with Crippen LogP contribution >= 0.6 is 0 Å². The maximum atomic E-state index is 12.4. The van der Waals surface area contributed by atoms with Crippen LogP contribution in [0.2, 0.25) is 0 Å². The average molecular weight is 261 g/mol. The topological polar surface area (TPSA) is 55.8 Å². The number of ether oxygens (including phenoxy) is 2. The first-order valence-electron chi connectivity index (χ1n) is 6.37. The van der Waals surface area contributed by atoms with Gasteiger partial charge in [0.05, 0.1) is 7.11 Å². The van der Waals surface area contributed by atoms with Gasteiger partial charge in [-0.2, -0.15) is 0 Å². The molecule has 0 N–H and O–H groups in total. The number of fused-ring (bicyclic) bond motifs is 2. The van der Waals surface area contributed by atoms with E-state index in [1.54, 1.807) is 31.4 Å². The van der Waals surface area contributed by atoms with Crippen LogP contribution in [0, 0.1) is 0 Å². The number of nitrogens with zero attached hydrogens (tertiary/aromatic N) is 1. The van der Waals surface area contributed by atoms with Gasteiger partial charge in [0, 0.05) is 5.56 Å². The molecule has 0 saturated carbocycles. The van der Waals surface area contributed by atoms with E-state index < -0.39 is 6.10 Å². The summed E-state index contributed by atoms with van der Waals surface area (Å²) in [6, 6.07) is 6.75. The zero-order valence-electron chi connectivity index (χ0n) is 10.7. The monoisotopic (exact) mass is 261 g/mol. The molecule has 0 aliphatic carbocycles. The molecule has 5 nitrogen and oxygen atoms in total. The molecule has 5 heteroatoms. The highest BCUT2D eigenvalue weighted by Crippen LogP contribution is 2.31. The number of hydrogen-bond donors (Lipinski definition) is 0. The van der Waals surface area contributed by atoms with Gasteiger partial charge in [0.2, 0.25) is 0 Å². The smallest absolute Gasteiger partial charge is 0.262 e. The first-order chi connectivity index (χ1) is 9.20. The third-order valence-electron chi connectivity index (χ3n) is 3.60. The average Bonchev–Trinajstić information content (AvgIpc) is 2.68. The quantitative estimate of drug-likeness (QED) is 0.758. The molecular formula is C14H15NO4. The number of carbonyl (C=O) groups excluding carboxylic acids is 2. The largest absolute Gasteiger partial charge is 0.497 e. The minimum Gasteiger partial charge on any atom is -0.497 e. The van der Waals surface area contributed by atoms with E-state index in [9.17, 15) is 9.59 Å². The number of hydrogen-bond acceptors (Lipinski definition) is 4. The number of carbonyl (C=O) groups is 2. The van der Waals surface area contributed by atoms with Gasteiger partial charge in [0.25, 0.3) is 11.8 Å². The Kier molecular flexibility index (Phi) is 2.98. The first kappa shape index (κ1) is 12.2. The zero-order chi connectivity index (χ0) is 13.4. The van der Waals surface area contributed by atoms with E-state index >= 15 is 0 Å². The summed E-state index contributed by atoms with van der Waals surface area (Å²) < 4.78 is 10.6. The van der Waals surface area contributed by atoms with Crippen molar-refractivity contribution >= 4 is 11.8 Å². The summed E-state index contributed by atoms with van der Waals surface area (Å²) >= 11 is 0. The van der Waals surface area contributed by atoms with Crippen molar-refractivity contribution in [2.75, 3.05) is 7.11 Å². The second-order valence-electron chi connectivity index (χ2n) is 4.75. The third-order valence-corrected chi connectivity index (χ3v) is 3.60. The van der Waals surface area contributed by atoms with Crippen LogP contribution in [-0.2, 0) is 9.53 Å². The highest BCUT2D eigenvalue weighted by atomic mass is 16.5. The summed E-state index contributed by atoms with van der Waals surface area (Å²) in [7, 11) is 1.57. The van der Waals surface area contributed by atoms with Crippen molar-refractivity contribution in [1.82, 2.24) is 4.90 Å². The molecule has 1 aromatic carbocycles. The Hall–Kier alpha value is -1.88. The summed E-state index contributed by atoms with van der Waals surface area (Å²) in [4.78, 5) is 25.7. The molecule has 1 aromatic rings. The number of benzene rings is 1. The van der Waals surface area contributed by atoms with E-state index in [0.29, 0.717) is 17.7 Å². The summed E-state index contributed by atoms with van der Waals surface area (Å²) in [5, 5.41) is 0. The lowest BCUT2D eigenvalue weighted by Crippen LogP contribution is -2.39. The fourth-order valence-corrected chi connectivity index (χ4v) is 2.58. The molecule has 0 spiro atoms. The van der Waals surface area contributed by atoms with Crippen molar-refractivity contribution in [3.63, 3.8) is 0 Å². The number of methoxy groups -OCH3 is 1. The molecule has 2 fully saturated rings. The molecule has 2 unspecified atom stereocenters. The van der Waals surface area contributed by atoms with Gasteiger partial charge in [-0.05, 0) is 43.5 Å². The van der Waals surface area contributed by atoms with Crippen LogP contribution in [0.3, 0.4) is 0 Å². The van der Waals surface area contributed by atoms with E-state index in [2.05, 4.69) is 0 Å². The molecule has 2 saturated heterocycles. The molecule has 19 heavy (non-hydrogen) atoms. The molecule has 2 heterocycles. The highest BCUT2D eigenvalue weighted by Gasteiger charge is 2.46. The van der Waals surface area contributed by atoms with Crippen molar-refractivity contribution in [3.05, 3.63) is 29.8 Å². The maximum absolute atomic E-state index is 12.4. The zero-order valence-corrected chi connectivity index (χ0v) is 10.7. The Morgan fingerprint density at radius 2 is 2.05 bits per heavy atom. The molecule has 2 bridgehead atoms. The number of rotatable bonds is 2. The molecule has 2 amide bonds. The van der Waals surface area contributed by atoms with Gasteiger partial charge < -0.3 is 9.47 Å². The maximum Gasteiger partial charge on any atom is 0.262 e. The van der Waals surface area contributed by atoms with E-state index in [0.717, 1.165) is 12.8 Å². The Balaban J connectivity index is 1.84. The standard InChI is InChI=1S/C14H15NO4/c1-18-10-7-5-9(6-8-10)13(16)15-12-4-2-3-11(19-12)14(15)17/h5-8,11-12H,2-4H2,1H3. The third kappa shape index (κ3) is 2.00. The molecule has 0 aromatic heterocycles. The summed E-state index contributed by atoms with van der Waals surface area (Å²) in [5.74, 6) is 0.185. The van der Waals surface area contributed by atoms with Crippen molar-refractivity contribution in [1.29, 1.82) is 0 Å². The van der Waals surface area contributed by atoms with Crippen LogP contribution in [0.25, 0.3) is 0 Å². The molecule has 100 valence electrons. The van der Waals surface area contributed by atoms with E-state index in [1.165, 1.54) is 4.90 Å². The lowest BCUT2D eigenvalue weighted by Gasteiger charge is -2.22. The van der Waals surface area contributed by atoms with Crippen LogP contribution in [0.15, 0.2) is 24.3 Å². The van der Waals surface area contributed by atoms with Crippen molar-refractivity contribution < 1.29 is 19.1 Å². The van der Waals surface area contributed by atoms with Gasteiger partial charge >= 0.3 is 0 Å². The molecule has 2 aliphatic rings. The summed E-state index contributed by atoms with van der Waals surface area (Å²) in [6.07, 6.45) is 1.54. The fraction of sp³-hybridized carbons (Fsp3) is 0.429. The minimum atomic E-state index is -0.430. The van der Waals surface area contributed by atoms with Crippen molar-refractivity contribution in [2.45, 2.75) is 31.6 Å². The van der Waals surface area contributed by atoms with E-state index in [-0.39, 0.29) is 18.0 Å². The minimum absolute atomic E-state index is 0.205. The molecule has 2 aliphatic heterocycles. The lowest BCUT2D eigenvalue weighted by atomic mass is 10.1. The van der Waals surface area contributed by atoms with Crippen LogP contribution < -0.4 is 4.74 Å². The molecule has 2 atom stereocenters. The SMILES string of the molecule is COc1ccc(C(=O)N2C(=O)C3CCCC2O3)cc1. The summed E-state index contributed by atoms with van der Waals surface area (Å²) in [5.41, 5.74) is 0.477. The molecule has 3 rings (SSSR count). The normalized spacial score (nSPS) is 25.5. The van der Waals surface area contributed by atoms with Crippen LogP contribution in [0.1, 0.15) is 29.6 Å². The molecular weight excluding hydrogens is 246 g/mol. The van der Waals surface area contributed by atoms with Gasteiger partial charge in [-0.1, -0.05) is 0 Å². The highest BCUT2D eigenvalue weighted by molar-refractivity contribution is 6.07. The second-order valence-corrected chi connectivity index (χ2v) is 4.75. The van der Waals surface area contributed by atoms with Gasteiger partial charge in [0.15, 0.2) is 0 Å². The van der Waals surface area contributed by atoms with Gasteiger partial charge in [-0.3, -0.25) is 9.59 Å². The van der Waals surface area contributed by atoms with Gasteiger partial charge in [-0.25, -0.2) is 4.90 Å². The van der Waals surface area contributed by atoms with Crippen molar-refractivity contribution in [2.24, 2.45) is 0 Å². The Morgan fingerprint density at radius 1 is 1.32 bits per heavy atom. The second kappa shape index (κ2) is 4.66. The first-order valence-corrected chi connectivity index (χ1v) is 6.37. The predicted octanol–water partition coefficient (Wildman–Crippen LogP) is 1.57. The van der Waals surface area contributed by atoms with E-state index in [1.807, 2.05) is 0 Å². The Labute approximate surface area is 111 Å². The van der Waals surface area contributed by atoms with Gasteiger partial charge in [-0.15, -0.1) is 0 Å². The predicted molar refractivity (Wildman–Crippen MR) is 66.7 cm³/mol. The summed E-state index contributed by atoms with van der Waals surface area (Å²) in [6.45, 7) is 0. The lowest BCUT2D eigenvalue weighted by molar-refractivity contribution is -0.128. The number of amides is 2. The fourth-order valence-electron chi connectivity index (χ4n) is 2.58.